The van der Waals surface area contributed by atoms with Gasteiger partial charge in [0.1, 0.15) is 12.4 Å². The van der Waals surface area contributed by atoms with Crippen LogP contribution in [0.1, 0.15) is 22.3 Å². The van der Waals surface area contributed by atoms with Gasteiger partial charge in [-0.1, -0.05) is 54.1 Å². The second-order valence-corrected chi connectivity index (χ2v) is 7.47. The summed E-state index contributed by atoms with van der Waals surface area (Å²) in [6.07, 6.45) is 0.881. The molecule has 0 aliphatic rings. The fraction of sp³-hybridized carbons (Fsp3) is 0.280. The first kappa shape index (κ1) is 22.0. The molecular formula is C25H28ClNO3. The van der Waals surface area contributed by atoms with E-state index >= 15 is 0 Å². The molecule has 0 aliphatic carbocycles. The predicted octanol–water partition coefficient (Wildman–Crippen LogP) is 5.58. The van der Waals surface area contributed by atoms with Crippen molar-refractivity contribution in [3.63, 3.8) is 0 Å². The van der Waals surface area contributed by atoms with Gasteiger partial charge in [-0.15, -0.1) is 0 Å². The minimum atomic E-state index is 0.444. The van der Waals surface area contributed by atoms with E-state index in [9.17, 15) is 0 Å². The number of benzene rings is 3. The second kappa shape index (κ2) is 10.9. The Kier molecular flexibility index (Phi) is 8.00. The predicted molar refractivity (Wildman–Crippen MR) is 122 cm³/mol. The minimum absolute atomic E-state index is 0.444. The summed E-state index contributed by atoms with van der Waals surface area (Å²) in [4.78, 5) is 0. The highest BCUT2D eigenvalue weighted by molar-refractivity contribution is 6.32. The molecule has 0 saturated carbocycles. The van der Waals surface area contributed by atoms with Crippen LogP contribution in [0.15, 0.2) is 60.7 Å². The first-order valence-electron chi connectivity index (χ1n) is 9.98. The van der Waals surface area contributed by atoms with Gasteiger partial charge in [0.15, 0.2) is 11.5 Å². The van der Waals surface area contributed by atoms with Gasteiger partial charge in [0.2, 0.25) is 0 Å². The maximum absolute atomic E-state index is 6.52. The summed E-state index contributed by atoms with van der Waals surface area (Å²) in [5, 5.41) is 4.00. The SMILES string of the molecule is COc1ccccc1CCNCc1cc(Cl)c(OCc2ccccc2C)c(OC)c1. The quantitative estimate of drug-likeness (QED) is 0.430. The van der Waals surface area contributed by atoms with Gasteiger partial charge in [-0.05, 0) is 60.3 Å². The van der Waals surface area contributed by atoms with Crippen LogP contribution >= 0.6 is 11.6 Å². The highest BCUT2D eigenvalue weighted by Gasteiger charge is 2.13. The summed E-state index contributed by atoms with van der Waals surface area (Å²) in [5.74, 6) is 2.12. The van der Waals surface area contributed by atoms with Crippen LogP contribution in [0.4, 0.5) is 0 Å². The third-order valence-electron chi connectivity index (χ3n) is 5.02. The zero-order valence-corrected chi connectivity index (χ0v) is 18.5. The van der Waals surface area contributed by atoms with Crippen molar-refractivity contribution in [2.24, 2.45) is 0 Å². The number of nitrogens with one attached hydrogen (secondary N) is 1. The molecule has 0 aliphatic heterocycles. The third kappa shape index (κ3) is 5.68. The Morgan fingerprint density at radius 3 is 2.30 bits per heavy atom. The normalized spacial score (nSPS) is 10.7. The molecule has 5 heteroatoms. The zero-order valence-electron chi connectivity index (χ0n) is 17.7. The number of aryl methyl sites for hydroxylation is 1. The fourth-order valence-corrected chi connectivity index (χ4v) is 3.59. The van der Waals surface area contributed by atoms with Crippen LogP contribution in [0.2, 0.25) is 5.02 Å². The largest absolute Gasteiger partial charge is 0.496 e. The van der Waals surface area contributed by atoms with Crippen molar-refractivity contribution in [2.45, 2.75) is 26.5 Å². The highest BCUT2D eigenvalue weighted by atomic mass is 35.5. The molecule has 0 unspecified atom stereocenters. The molecule has 0 saturated heterocycles. The summed E-state index contributed by atoms with van der Waals surface area (Å²) >= 11 is 6.52. The van der Waals surface area contributed by atoms with Crippen LogP contribution in [-0.4, -0.2) is 20.8 Å². The Labute approximate surface area is 183 Å². The smallest absolute Gasteiger partial charge is 0.180 e. The fourth-order valence-electron chi connectivity index (χ4n) is 3.30. The van der Waals surface area contributed by atoms with Crippen molar-refractivity contribution in [3.8, 4) is 17.2 Å². The Balaban J connectivity index is 1.60. The van der Waals surface area contributed by atoms with Gasteiger partial charge < -0.3 is 19.5 Å². The van der Waals surface area contributed by atoms with E-state index in [1.54, 1.807) is 14.2 Å². The molecule has 0 radical (unpaired) electrons. The van der Waals surface area contributed by atoms with Gasteiger partial charge in [0.05, 0.1) is 19.2 Å². The van der Waals surface area contributed by atoms with Gasteiger partial charge in [0, 0.05) is 6.54 Å². The zero-order chi connectivity index (χ0) is 21.3. The molecule has 0 amide bonds. The molecule has 0 aromatic heterocycles. The lowest BCUT2D eigenvalue weighted by atomic mass is 10.1. The molecule has 0 spiro atoms. The van der Waals surface area contributed by atoms with E-state index in [0.29, 0.717) is 29.7 Å². The van der Waals surface area contributed by atoms with Crippen molar-refractivity contribution in [3.05, 3.63) is 87.9 Å². The number of hydrogen-bond donors (Lipinski definition) is 1. The molecule has 0 atom stereocenters. The van der Waals surface area contributed by atoms with Crippen LogP contribution in [0, 0.1) is 6.92 Å². The summed E-state index contributed by atoms with van der Waals surface area (Å²) in [7, 11) is 3.33. The van der Waals surface area contributed by atoms with Gasteiger partial charge >= 0.3 is 0 Å². The maximum Gasteiger partial charge on any atom is 0.180 e. The molecular weight excluding hydrogens is 398 g/mol. The number of rotatable bonds is 10. The molecule has 30 heavy (non-hydrogen) atoms. The van der Waals surface area contributed by atoms with E-state index in [1.165, 1.54) is 11.1 Å². The highest BCUT2D eigenvalue weighted by Crippen LogP contribution is 2.37. The molecule has 0 fully saturated rings. The van der Waals surface area contributed by atoms with E-state index in [-0.39, 0.29) is 0 Å². The minimum Gasteiger partial charge on any atom is -0.496 e. The number of methoxy groups -OCH3 is 2. The summed E-state index contributed by atoms with van der Waals surface area (Å²) < 4.78 is 16.9. The lowest BCUT2D eigenvalue weighted by Crippen LogP contribution is -2.17. The van der Waals surface area contributed by atoms with Crippen molar-refractivity contribution in [1.29, 1.82) is 0 Å². The van der Waals surface area contributed by atoms with E-state index in [4.69, 9.17) is 25.8 Å². The lowest BCUT2D eigenvalue weighted by Gasteiger charge is -2.15. The van der Waals surface area contributed by atoms with Crippen molar-refractivity contribution >= 4 is 11.6 Å². The van der Waals surface area contributed by atoms with Crippen molar-refractivity contribution < 1.29 is 14.2 Å². The Morgan fingerprint density at radius 1 is 0.867 bits per heavy atom. The molecule has 3 aromatic carbocycles. The van der Waals surface area contributed by atoms with Crippen LogP contribution in [0.3, 0.4) is 0 Å². The van der Waals surface area contributed by atoms with Crippen LogP contribution < -0.4 is 19.5 Å². The second-order valence-electron chi connectivity index (χ2n) is 7.06. The third-order valence-corrected chi connectivity index (χ3v) is 5.30. The van der Waals surface area contributed by atoms with Gasteiger partial charge in [0.25, 0.3) is 0 Å². The number of hydrogen-bond acceptors (Lipinski definition) is 4. The van der Waals surface area contributed by atoms with Gasteiger partial charge in [-0.3, -0.25) is 0 Å². The average Bonchev–Trinajstić information content (AvgIpc) is 2.77. The van der Waals surface area contributed by atoms with Crippen molar-refractivity contribution in [1.82, 2.24) is 5.32 Å². The number of para-hydroxylation sites is 1. The van der Waals surface area contributed by atoms with Gasteiger partial charge in [-0.2, -0.15) is 0 Å². The van der Waals surface area contributed by atoms with Crippen molar-refractivity contribution in [2.75, 3.05) is 20.8 Å². The average molecular weight is 426 g/mol. The first-order valence-corrected chi connectivity index (χ1v) is 10.4. The summed E-state index contributed by atoms with van der Waals surface area (Å²) in [6.45, 7) is 4.02. The molecule has 0 heterocycles. The lowest BCUT2D eigenvalue weighted by molar-refractivity contribution is 0.284. The molecule has 3 aromatic rings. The van der Waals surface area contributed by atoms with Crippen LogP contribution in [0.5, 0.6) is 17.2 Å². The molecule has 4 nitrogen and oxygen atoms in total. The topological polar surface area (TPSA) is 39.7 Å². The summed E-state index contributed by atoms with van der Waals surface area (Å²) in [6, 6.07) is 20.1. The molecule has 1 N–H and O–H groups in total. The first-order chi connectivity index (χ1) is 14.6. The molecule has 0 bridgehead atoms. The Morgan fingerprint density at radius 2 is 1.57 bits per heavy atom. The van der Waals surface area contributed by atoms with Crippen LogP contribution in [-0.2, 0) is 19.6 Å². The van der Waals surface area contributed by atoms with Crippen LogP contribution in [0.25, 0.3) is 0 Å². The van der Waals surface area contributed by atoms with Gasteiger partial charge in [-0.25, -0.2) is 0 Å². The maximum atomic E-state index is 6.52. The Bertz CT molecular complexity index is 974. The van der Waals surface area contributed by atoms with E-state index in [1.807, 2.05) is 42.5 Å². The molecule has 158 valence electrons. The summed E-state index contributed by atoms with van der Waals surface area (Å²) in [5.41, 5.74) is 4.53. The molecule has 3 rings (SSSR count). The standard InChI is InChI=1S/C25H28ClNO3/c1-18-8-4-5-10-21(18)17-30-25-22(26)14-19(15-24(25)29-3)16-27-13-12-20-9-6-7-11-23(20)28-2/h4-11,14-15,27H,12-13,16-17H2,1-3H3. The Hall–Kier alpha value is -2.69. The monoisotopic (exact) mass is 425 g/mol. The number of ether oxygens (including phenoxy) is 3. The van der Waals surface area contributed by atoms with E-state index < -0.39 is 0 Å². The number of halogens is 1. The van der Waals surface area contributed by atoms with E-state index in [2.05, 4.69) is 30.4 Å². The van der Waals surface area contributed by atoms with E-state index in [0.717, 1.165) is 29.8 Å².